The Labute approximate surface area is 121 Å². The molecular formula is C15H27N3O2. The second-order valence-electron chi connectivity index (χ2n) is 6.48. The van der Waals surface area contributed by atoms with E-state index in [-0.39, 0.29) is 23.9 Å². The first kappa shape index (κ1) is 15.3. The first-order chi connectivity index (χ1) is 9.49. The summed E-state index contributed by atoms with van der Waals surface area (Å²) in [6, 6.07) is 0.0654. The van der Waals surface area contributed by atoms with Gasteiger partial charge in [-0.1, -0.05) is 13.8 Å². The van der Waals surface area contributed by atoms with Gasteiger partial charge in [-0.2, -0.15) is 0 Å². The average molecular weight is 281 g/mol. The molecule has 2 atom stereocenters. The van der Waals surface area contributed by atoms with E-state index in [0.29, 0.717) is 25.0 Å². The summed E-state index contributed by atoms with van der Waals surface area (Å²) in [5.74, 6) is 0.474. The Kier molecular flexibility index (Phi) is 5.02. The number of hydrogen-bond donors (Lipinski definition) is 2. The summed E-state index contributed by atoms with van der Waals surface area (Å²) >= 11 is 0. The third kappa shape index (κ3) is 3.95. The van der Waals surface area contributed by atoms with Crippen LogP contribution < -0.4 is 10.6 Å². The fourth-order valence-corrected chi connectivity index (χ4v) is 2.57. The molecule has 20 heavy (non-hydrogen) atoms. The lowest BCUT2D eigenvalue weighted by Gasteiger charge is -2.36. The molecular weight excluding hydrogens is 254 g/mol. The molecule has 2 amide bonds. The fraction of sp³-hybridized carbons (Fsp3) is 0.867. The van der Waals surface area contributed by atoms with E-state index in [0.717, 1.165) is 12.8 Å². The summed E-state index contributed by atoms with van der Waals surface area (Å²) in [6.07, 6.45) is 4.21. The Balaban J connectivity index is 1.88. The van der Waals surface area contributed by atoms with Crippen LogP contribution in [0.2, 0.25) is 0 Å². The van der Waals surface area contributed by atoms with Crippen molar-refractivity contribution < 1.29 is 9.59 Å². The van der Waals surface area contributed by atoms with Crippen molar-refractivity contribution in [3.63, 3.8) is 0 Å². The summed E-state index contributed by atoms with van der Waals surface area (Å²) < 4.78 is 0. The van der Waals surface area contributed by atoms with Crippen LogP contribution in [0.1, 0.15) is 46.5 Å². The smallest absolute Gasteiger partial charge is 0.242 e. The summed E-state index contributed by atoms with van der Waals surface area (Å²) in [6.45, 7) is 7.30. The Morgan fingerprint density at radius 1 is 1.30 bits per heavy atom. The number of nitrogens with one attached hydrogen (secondary N) is 2. The van der Waals surface area contributed by atoms with Gasteiger partial charge in [-0.3, -0.25) is 9.59 Å². The van der Waals surface area contributed by atoms with E-state index < -0.39 is 0 Å². The van der Waals surface area contributed by atoms with Gasteiger partial charge in [0.2, 0.25) is 11.8 Å². The van der Waals surface area contributed by atoms with Crippen molar-refractivity contribution in [1.29, 1.82) is 0 Å². The molecule has 2 N–H and O–H groups in total. The van der Waals surface area contributed by atoms with Crippen molar-refractivity contribution in [1.82, 2.24) is 15.5 Å². The molecule has 1 saturated carbocycles. The topological polar surface area (TPSA) is 61.4 Å². The number of piperidine rings is 1. The SMILES string of the molecule is CC(C)CNC(=O)C(C)N1CCCC(NC2CC2)C1=O. The minimum atomic E-state index is -0.370. The number of carbonyl (C=O) groups excluding carboxylic acids is 2. The standard InChI is InChI=1S/C15H27N3O2/c1-10(2)9-16-14(19)11(3)18-8-4-5-13(15(18)20)17-12-6-7-12/h10-13,17H,4-9H2,1-3H3,(H,16,19). The number of carbonyl (C=O) groups is 2. The zero-order valence-electron chi connectivity index (χ0n) is 12.8. The highest BCUT2D eigenvalue weighted by molar-refractivity contribution is 5.90. The van der Waals surface area contributed by atoms with E-state index in [4.69, 9.17) is 0 Å². The van der Waals surface area contributed by atoms with Gasteiger partial charge in [-0.05, 0) is 38.5 Å². The molecule has 114 valence electrons. The average Bonchev–Trinajstić information content (AvgIpc) is 3.21. The van der Waals surface area contributed by atoms with Gasteiger partial charge >= 0.3 is 0 Å². The maximum absolute atomic E-state index is 12.5. The molecule has 0 bridgehead atoms. The Hall–Kier alpha value is -1.10. The minimum Gasteiger partial charge on any atom is -0.354 e. The molecule has 0 aromatic rings. The van der Waals surface area contributed by atoms with Crippen LogP contribution in [-0.4, -0.2) is 47.9 Å². The van der Waals surface area contributed by atoms with E-state index in [9.17, 15) is 9.59 Å². The Bertz CT molecular complexity index is 366. The van der Waals surface area contributed by atoms with Crippen molar-refractivity contribution in [3.8, 4) is 0 Å². The van der Waals surface area contributed by atoms with Crippen LogP contribution in [0, 0.1) is 5.92 Å². The molecule has 0 aromatic heterocycles. The molecule has 1 aliphatic carbocycles. The summed E-state index contributed by atoms with van der Waals surface area (Å²) in [7, 11) is 0. The van der Waals surface area contributed by atoms with Crippen LogP contribution in [0.4, 0.5) is 0 Å². The number of amides is 2. The van der Waals surface area contributed by atoms with Crippen LogP contribution in [0.15, 0.2) is 0 Å². The monoisotopic (exact) mass is 281 g/mol. The third-order valence-corrected chi connectivity index (χ3v) is 4.02. The summed E-state index contributed by atoms with van der Waals surface area (Å²) in [5.41, 5.74) is 0. The predicted molar refractivity (Wildman–Crippen MR) is 78.2 cm³/mol. The number of hydrogen-bond acceptors (Lipinski definition) is 3. The van der Waals surface area contributed by atoms with Gasteiger partial charge < -0.3 is 15.5 Å². The quantitative estimate of drug-likeness (QED) is 0.760. The maximum Gasteiger partial charge on any atom is 0.242 e. The van der Waals surface area contributed by atoms with Gasteiger partial charge in [0.1, 0.15) is 6.04 Å². The van der Waals surface area contributed by atoms with E-state index >= 15 is 0 Å². The highest BCUT2D eigenvalue weighted by Crippen LogP contribution is 2.23. The van der Waals surface area contributed by atoms with Gasteiger partial charge in [-0.25, -0.2) is 0 Å². The molecule has 2 aliphatic rings. The van der Waals surface area contributed by atoms with E-state index in [1.54, 1.807) is 4.90 Å². The molecule has 5 heteroatoms. The molecule has 2 unspecified atom stereocenters. The molecule has 5 nitrogen and oxygen atoms in total. The van der Waals surface area contributed by atoms with Crippen LogP contribution in [0.3, 0.4) is 0 Å². The fourth-order valence-electron chi connectivity index (χ4n) is 2.57. The predicted octanol–water partition coefficient (Wildman–Crippen LogP) is 0.890. The number of likely N-dealkylation sites (tertiary alicyclic amines) is 1. The zero-order chi connectivity index (χ0) is 14.7. The summed E-state index contributed by atoms with van der Waals surface area (Å²) in [4.78, 5) is 26.3. The summed E-state index contributed by atoms with van der Waals surface area (Å²) in [5, 5.41) is 6.31. The van der Waals surface area contributed by atoms with Crippen molar-refractivity contribution in [2.45, 2.75) is 64.6 Å². The first-order valence-corrected chi connectivity index (χ1v) is 7.83. The maximum atomic E-state index is 12.5. The van der Waals surface area contributed by atoms with Gasteiger partial charge in [0.15, 0.2) is 0 Å². The lowest BCUT2D eigenvalue weighted by molar-refractivity contribution is -0.143. The molecule has 0 spiro atoms. The second-order valence-corrected chi connectivity index (χ2v) is 6.48. The van der Waals surface area contributed by atoms with E-state index in [1.165, 1.54) is 12.8 Å². The minimum absolute atomic E-state index is 0.0425. The third-order valence-electron chi connectivity index (χ3n) is 4.02. The van der Waals surface area contributed by atoms with Gasteiger partial charge in [0.25, 0.3) is 0 Å². The van der Waals surface area contributed by atoms with Crippen LogP contribution in [0.25, 0.3) is 0 Å². The van der Waals surface area contributed by atoms with E-state index in [2.05, 4.69) is 24.5 Å². The lowest BCUT2D eigenvalue weighted by atomic mass is 10.0. The lowest BCUT2D eigenvalue weighted by Crippen LogP contribution is -2.57. The molecule has 1 saturated heterocycles. The van der Waals surface area contributed by atoms with Gasteiger partial charge in [0.05, 0.1) is 6.04 Å². The van der Waals surface area contributed by atoms with Crippen molar-refractivity contribution in [3.05, 3.63) is 0 Å². The van der Waals surface area contributed by atoms with Crippen LogP contribution in [-0.2, 0) is 9.59 Å². The first-order valence-electron chi connectivity index (χ1n) is 7.83. The van der Waals surface area contributed by atoms with Crippen molar-refractivity contribution in [2.75, 3.05) is 13.1 Å². The Morgan fingerprint density at radius 3 is 2.60 bits per heavy atom. The number of rotatable bonds is 6. The molecule has 2 fully saturated rings. The second kappa shape index (κ2) is 6.57. The highest BCUT2D eigenvalue weighted by Gasteiger charge is 2.36. The largest absolute Gasteiger partial charge is 0.354 e. The molecule has 1 heterocycles. The normalized spacial score (nSPS) is 24.9. The van der Waals surface area contributed by atoms with Crippen LogP contribution >= 0.6 is 0 Å². The van der Waals surface area contributed by atoms with Gasteiger partial charge in [0, 0.05) is 19.1 Å². The highest BCUT2D eigenvalue weighted by atomic mass is 16.2. The molecule has 0 radical (unpaired) electrons. The number of nitrogens with zero attached hydrogens (tertiary/aromatic N) is 1. The van der Waals surface area contributed by atoms with E-state index in [1.807, 2.05) is 6.92 Å². The molecule has 1 aliphatic heterocycles. The molecule has 0 aromatic carbocycles. The zero-order valence-corrected chi connectivity index (χ0v) is 12.8. The van der Waals surface area contributed by atoms with Crippen molar-refractivity contribution in [2.24, 2.45) is 5.92 Å². The van der Waals surface area contributed by atoms with Gasteiger partial charge in [-0.15, -0.1) is 0 Å². The Morgan fingerprint density at radius 2 is 2.00 bits per heavy atom. The molecule has 2 rings (SSSR count). The van der Waals surface area contributed by atoms with Crippen LogP contribution in [0.5, 0.6) is 0 Å². The van der Waals surface area contributed by atoms with Crippen molar-refractivity contribution >= 4 is 11.8 Å².